The first-order chi connectivity index (χ1) is 7.35. The second-order valence-corrected chi connectivity index (χ2v) is 5.28. The molecule has 0 amide bonds. The van der Waals surface area contributed by atoms with Crippen molar-refractivity contribution < 1.29 is 4.74 Å². The predicted octanol–water partition coefficient (Wildman–Crippen LogP) is 2.73. The van der Waals surface area contributed by atoms with Crippen molar-refractivity contribution >= 4 is 0 Å². The number of hydrogen-bond acceptors (Lipinski definition) is 2. The summed E-state index contributed by atoms with van der Waals surface area (Å²) in [6, 6.07) is 0. The van der Waals surface area contributed by atoms with Crippen LogP contribution in [0.15, 0.2) is 0 Å². The van der Waals surface area contributed by atoms with Crippen molar-refractivity contribution in [3.8, 4) is 0 Å². The highest BCUT2D eigenvalue weighted by molar-refractivity contribution is 4.91. The maximum atomic E-state index is 5.44. The second-order valence-electron chi connectivity index (χ2n) is 5.28. The van der Waals surface area contributed by atoms with Gasteiger partial charge in [-0.25, -0.2) is 0 Å². The van der Waals surface area contributed by atoms with Crippen LogP contribution in [0.5, 0.6) is 0 Å². The van der Waals surface area contributed by atoms with E-state index in [4.69, 9.17) is 4.74 Å². The van der Waals surface area contributed by atoms with E-state index in [2.05, 4.69) is 12.2 Å². The summed E-state index contributed by atoms with van der Waals surface area (Å²) in [5.74, 6) is 0.907. The van der Waals surface area contributed by atoms with Gasteiger partial charge in [-0.15, -0.1) is 0 Å². The van der Waals surface area contributed by atoms with Crippen LogP contribution in [0.2, 0.25) is 0 Å². The number of piperidine rings is 1. The molecule has 0 aromatic rings. The first-order valence-electron chi connectivity index (χ1n) is 6.67. The smallest absolute Gasteiger partial charge is 0.0468 e. The van der Waals surface area contributed by atoms with Gasteiger partial charge >= 0.3 is 0 Å². The molecule has 2 heteroatoms. The van der Waals surface area contributed by atoms with Crippen LogP contribution >= 0.6 is 0 Å². The van der Waals surface area contributed by atoms with Crippen LogP contribution in [0.1, 0.15) is 51.9 Å². The predicted molar refractivity (Wildman–Crippen MR) is 63.0 cm³/mol. The van der Waals surface area contributed by atoms with Crippen molar-refractivity contribution in [2.24, 2.45) is 5.92 Å². The molecule has 2 saturated heterocycles. The highest BCUT2D eigenvalue weighted by Crippen LogP contribution is 2.33. The Morgan fingerprint density at radius 1 is 1.27 bits per heavy atom. The third-order valence-electron chi connectivity index (χ3n) is 4.28. The molecule has 1 unspecified atom stereocenters. The molecular weight excluding hydrogens is 186 g/mol. The lowest BCUT2D eigenvalue weighted by Gasteiger charge is -2.41. The average molecular weight is 211 g/mol. The van der Waals surface area contributed by atoms with Gasteiger partial charge in [0, 0.05) is 18.8 Å². The first kappa shape index (κ1) is 11.4. The van der Waals surface area contributed by atoms with Gasteiger partial charge < -0.3 is 10.1 Å². The standard InChI is InChI=1S/C13H25NO/c1-2-13(7-3-4-8-14-13)11-12-5-9-15-10-6-12/h12,14H,2-11H2,1H3. The summed E-state index contributed by atoms with van der Waals surface area (Å²) in [4.78, 5) is 0. The van der Waals surface area contributed by atoms with E-state index in [1.165, 1.54) is 51.5 Å². The van der Waals surface area contributed by atoms with Gasteiger partial charge in [0.2, 0.25) is 0 Å². The fraction of sp³-hybridized carbons (Fsp3) is 1.00. The summed E-state index contributed by atoms with van der Waals surface area (Å²) >= 11 is 0. The topological polar surface area (TPSA) is 21.3 Å². The largest absolute Gasteiger partial charge is 0.381 e. The van der Waals surface area contributed by atoms with E-state index in [1.54, 1.807) is 0 Å². The molecule has 88 valence electrons. The number of nitrogens with one attached hydrogen (secondary N) is 1. The highest BCUT2D eigenvalue weighted by atomic mass is 16.5. The first-order valence-corrected chi connectivity index (χ1v) is 6.67. The van der Waals surface area contributed by atoms with Gasteiger partial charge in [0.05, 0.1) is 0 Å². The van der Waals surface area contributed by atoms with E-state index in [-0.39, 0.29) is 0 Å². The molecule has 0 aliphatic carbocycles. The summed E-state index contributed by atoms with van der Waals surface area (Å²) < 4.78 is 5.44. The van der Waals surface area contributed by atoms with Crippen molar-refractivity contribution in [2.75, 3.05) is 19.8 Å². The molecule has 0 aromatic carbocycles. The van der Waals surface area contributed by atoms with Gasteiger partial charge in [-0.2, -0.15) is 0 Å². The van der Waals surface area contributed by atoms with Crippen LogP contribution in [0.4, 0.5) is 0 Å². The van der Waals surface area contributed by atoms with Gasteiger partial charge in [-0.1, -0.05) is 13.3 Å². The minimum absolute atomic E-state index is 0.472. The number of rotatable bonds is 3. The molecule has 1 N–H and O–H groups in total. The number of hydrogen-bond donors (Lipinski definition) is 1. The summed E-state index contributed by atoms with van der Waals surface area (Å²) in [6.07, 6.45) is 9.42. The molecule has 15 heavy (non-hydrogen) atoms. The molecule has 0 saturated carbocycles. The minimum atomic E-state index is 0.472. The molecule has 2 heterocycles. The van der Waals surface area contributed by atoms with E-state index >= 15 is 0 Å². The van der Waals surface area contributed by atoms with E-state index < -0.39 is 0 Å². The Morgan fingerprint density at radius 3 is 2.67 bits per heavy atom. The molecule has 2 nitrogen and oxygen atoms in total. The van der Waals surface area contributed by atoms with Gasteiger partial charge in [-0.3, -0.25) is 0 Å². The zero-order valence-electron chi connectivity index (χ0n) is 10.1. The van der Waals surface area contributed by atoms with Crippen molar-refractivity contribution in [1.82, 2.24) is 5.32 Å². The number of ether oxygens (including phenoxy) is 1. The maximum absolute atomic E-state index is 5.44. The van der Waals surface area contributed by atoms with Crippen molar-refractivity contribution in [2.45, 2.75) is 57.4 Å². The average Bonchev–Trinajstić information content (AvgIpc) is 2.32. The van der Waals surface area contributed by atoms with E-state index in [9.17, 15) is 0 Å². The van der Waals surface area contributed by atoms with Crippen LogP contribution in [-0.4, -0.2) is 25.3 Å². The van der Waals surface area contributed by atoms with Gasteiger partial charge in [0.15, 0.2) is 0 Å². The Balaban J connectivity index is 1.87. The van der Waals surface area contributed by atoms with Gasteiger partial charge in [-0.05, 0) is 51.0 Å². The lowest BCUT2D eigenvalue weighted by molar-refractivity contribution is 0.0487. The summed E-state index contributed by atoms with van der Waals surface area (Å²) in [5, 5.41) is 3.79. The molecule has 0 aromatic heterocycles. The van der Waals surface area contributed by atoms with E-state index in [0.717, 1.165) is 19.1 Å². The van der Waals surface area contributed by atoms with Crippen LogP contribution in [0, 0.1) is 5.92 Å². The van der Waals surface area contributed by atoms with E-state index in [1.807, 2.05) is 0 Å². The second kappa shape index (κ2) is 5.31. The molecule has 2 aliphatic rings. The Kier molecular flexibility index (Phi) is 4.04. The monoisotopic (exact) mass is 211 g/mol. The van der Waals surface area contributed by atoms with Crippen molar-refractivity contribution in [3.05, 3.63) is 0 Å². The Hall–Kier alpha value is -0.0800. The fourth-order valence-corrected chi connectivity index (χ4v) is 3.15. The Labute approximate surface area is 93.8 Å². The van der Waals surface area contributed by atoms with Crippen LogP contribution in [0.25, 0.3) is 0 Å². The zero-order valence-corrected chi connectivity index (χ0v) is 10.1. The van der Waals surface area contributed by atoms with Gasteiger partial charge in [0.1, 0.15) is 0 Å². The molecular formula is C13H25NO. The summed E-state index contributed by atoms with van der Waals surface area (Å²) in [5.41, 5.74) is 0.472. The molecule has 0 bridgehead atoms. The maximum Gasteiger partial charge on any atom is 0.0468 e. The quantitative estimate of drug-likeness (QED) is 0.775. The van der Waals surface area contributed by atoms with Crippen LogP contribution < -0.4 is 5.32 Å². The zero-order chi connectivity index (χ0) is 10.6. The lowest BCUT2D eigenvalue weighted by Crippen LogP contribution is -2.49. The van der Waals surface area contributed by atoms with E-state index in [0.29, 0.717) is 5.54 Å². The molecule has 0 radical (unpaired) electrons. The minimum Gasteiger partial charge on any atom is -0.381 e. The molecule has 2 rings (SSSR count). The van der Waals surface area contributed by atoms with Crippen LogP contribution in [0.3, 0.4) is 0 Å². The lowest BCUT2D eigenvalue weighted by atomic mass is 9.77. The molecule has 2 fully saturated rings. The normalized spacial score (nSPS) is 34.2. The summed E-state index contributed by atoms with van der Waals surface area (Å²) in [7, 11) is 0. The SMILES string of the molecule is CCC1(CC2CCOCC2)CCCCN1. The molecule has 0 spiro atoms. The third kappa shape index (κ3) is 2.94. The van der Waals surface area contributed by atoms with Gasteiger partial charge in [0.25, 0.3) is 0 Å². The van der Waals surface area contributed by atoms with Crippen LogP contribution in [-0.2, 0) is 4.74 Å². The Morgan fingerprint density at radius 2 is 2.07 bits per heavy atom. The summed E-state index contributed by atoms with van der Waals surface area (Å²) in [6.45, 7) is 5.56. The molecule has 2 aliphatic heterocycles. The van der Waals surface area contributed by atoms with Crippen molar-refractivity contribution in [3.63, 3.8) is 0 Å². The molecule has 1 atom stereocenters. The third-order valence-corrected chi connectivity index (χ3v) is 4.28. The fourth-order valence-electron chi connectivity index (χ4n) is 3.15. The van der Waals surface area contributed by atoms with Crippen molar-refractivity contribution in [1.29, 1.82) is 0 Å². The highest BCUT2D eigenvalue weighted by Gasteiger charge is 2.32. The Bertz CT molecular complexity index is 181.